The van der Waals surface area contributed by atoms with Crippen molar-refractivity contribution in [2.45, 2.75) is 13.0 Å². The second-order valence-corrected chi connectivity index (χ2v) is 7.12. The van der Waals surface area contributed by atoms with Crippen LogP contribution in [0.3, 0.4) is 0 Å². The van der Waals surface area contributed by atoms with Crippen molar-refractivity contribution in [2.75, 3.05) is 5.32 Å². The molecule has 0 atom stereocenters. The van der Waals surface area contributed by atoms with E-state index in [1.54, 1.807) is 30.3 Å². The highest BCUT2D eigenvalue weighted by Crippen LogP contribution is 2.31. The summed E-state index contributed by atoms with van der Waals surface area (Å²) in [5, 5.41) is 7.76. The van der Waals surface area contributed by atoms with Gasteiger partial charge in [-0.25, -0.2) is 4.79 Å². The molecule has 2 N–H and O–H groups in total. The number of nitrogens with zero attached hydrogens (tertiary/aromatic N) is 2. The Labute approximate surface area is 168 Å². The van der Waals surface area contributed by atoms with Gasteiger partial charge < -0.3 is 9.88 Å². The Balaban J connectivity index is 1.58. The molecule has 0 fully saturated rings. The van der Waals surface area contributed by atoms with Crippen LogP contribution in [0.25, 0.3) is 22.3 Å². The first-order chi connectivity index (χ1) is 14.0. The van der Waals surface area contributed by atoms with Crippen molar-refractivity contribution in [3.63, 3.8) is 0 Å². The quantitative estimate of drug-likeness (QED) is 0.539. The second kappa shape index (κ2) is 6.46. The maximum Gasteiger partial charge on any atom is 0.439 e. The topological polar surface area (TPSA) is 110 Å². The van der Waals surface area contributed by atoms with Crippen molar-refractivity contribution in [3.8, 4) is 11.4 Å². The minimum absolute atomic E-state index is 0.0723. The zero-order valence-corrected chi connectivity index (χ0v) is 15.6. The largest absolute Gasteiger partial charge is 0.439 e. The van der Waals surface area contributed by atoms with Crippen molar-refractivity contribution >= 4 is 39.9 Å². The number of Topliss-reactive ketones (excluding diaryl/α,β-unsaturated/α-hetero) is 1. The van der Waals surface area contributed by atoms with Gasteiger partial charge in [-0.3, -0.25) is 19.1 Å². The summed E-state index contributed by atoms with van der Waals surface area (Å²) in [5.74, 6) is -0.835. The third-order valence-electron chi connectivity index (χ3n) is 4.94. The first-order valence-corrected chi connectivity index (χ1v) is 9.22. The molecule has 5 rings (SSSR count). The van der Waals surface area contributed by atoms with Crippen molar-refractivity contribution in [1.29, 1.82) is 0 Å². The number of benzene rings is 2. The SMILES string of the molecule is O=C1CCn2c(C(=O)Nc3ccc(Cl)cc3-c3noc(=O)[nH]3)cc3cccc1c32. The van der Waals surface area contributed by atoms with Gasteiger partial charge in [0.15, 0.2) is 11.6 Å². The summed E-state index contributed by atoms with van der Waals surface area (Å²) in [5.41, 5.74) is 2.66. The molecule has 29 heavy (non-hydrogen) atoms. The minimum atomic E-state index is -0.711. The molecule has 0 spiro atoms. The van der Waals surface area contributed by atoms with E-state index in [-0.39, 0.29) is 17.5 Å². The lowest BCUT2D eigenvalue weighted by atomic mass is 10.0. The van der Waals surface area contributed by atoms with Gasteiger partial charge in [-0.2, -0.15) is 0 Å². The van der Waals surface area contributed by atoms with E-state index in [9.17, 15) is 14.4 Å². The number of H-pyrrole nitrogens is 1. The fourth-order valence-electron chi connectivity index (χ4n) is 3.67. The van der Waals surface area contributed by atoms with Gasteiger partial charge in [0.2, 0.25) is 0 Å². The van der Waals surface area contributed by atoms with Crippen molar-refractivity contribution in [2.24, 2.45) is 0 Å². The van der Waals surface area contributed by atoms with Crippen molar-refractivity contribution in [1.82, 2.24) is 14.7 Å². The molecule has 9 heteroatoms. The Hall–Kier alpha value is -3.65. The minimum Gasteiger partial charge on any atom is -0.335 e. The number of hydrogen-bond donors (Lipinski definition) is 2. The predicted molar refractivity (Wildman–Crippen MR) is 106 cm³/mol. The summed E-state index contributed by atoms with van der Waals surface area (Å²) in [6.45, 7) is 0.437. The molecule has 0 bridgehead atoms. The van der Waals surface area contributed by atoms with E-state index in [0.717, 1.165) is 10.9 Å². The molecule has 1 aliphatic rings. The third kappa shape index (κ3) is 2.85. The molecular formula is C20H13ClN4O4. The Bertz CT molecular complexity index is 1360. The number of nitrogens with one attached hydrogen (secondary N) is 2. The van der Waals surface area contributed by atoms with E-state index < -0.39 is 5.76 Å². The molecule has 2 aromatic heterocycles. The summed E-state index contributed by atoms with van der Waals surface area (Å²) in [7, 11) is 0. The second-order valence-electron chi connectivity index (χ2n) is 6.69. The van der Waals surface area contributed by atoms with Crippen LogP contribution >= 0.6 is 11.6 Å². The molecule has 1 amide bonds. The highest BCUT2D eigenvalue weighted by atomic mass is 35.5. The fraction of sp³-hybridized carbons (Fsp3) is 0.100. The summed E-state index contributed by atoms with van der Waals surface area (Å²) in [4.78, 5) is 39.1. The average Bonchev–Trinajstić information content (AvgIpc) is 3.31. The number of hydrogen-bond acceptors (Lipinski definition) is 5. The molecule has 1 aliphatic heterocycles. The number of aromatic nitrogens is 3. The summed E-state index contributed by atoms with van der Waals surface area (Å²) in [6.07, 6.45) is 0.341. The standard InChI is InChI=1S/C20H13ClN4O4/c21-11-4-5-14(13(9-11)18-23-20(28)29-24-18)22-19(27)15-8-10-2-1-3-12-16(26)6-7-25(15)17(10)12/h1-5,8-9H,6-7H2,(H,22,27)(H,23,24,28). The summed E-state index contributed by atoms with van der Waals surface area (Å²) >= 11 is 6.07. The Morgan fingerprint density at radius 2 is 2.03 bits per heavy atom. The molecule has 0 aliphatic carbocycles. The van der Waals surface area contributed by atoms with Gasteiger partial charge in [-0.05, 0) is 30.3 Å². The van der Waals surface area contributed by atoms with Gasteiger partial charge in [0.25, 0.3) is 5.91 Å². The van der Waals surface area contributed by atoms with Gasteiger partial charge >= 0.3 is 5.76 Å². The van der Waals surface area contributed by atoms with Crippen molar-refractivity contribution in [3.05, 3.63) is 69.3 Å². The number of amides is 1. The lowest BCUT2D eigenvalue weighted by molar-refractivity contribution is 0.0963. The van der Waals surface area contributed by atoms with Crippen LogP contribution in [0.4, 0.5) is 5.69 Å². The third-order valence-corrected chi connectivity index (χ3v) is 5.18. The number of carbonyl (C=O) groups excluding carboxylic acids is 2. The van der Waals surface area contributed by atoms with E-state index in [1.165, 1.54) is 0 Å². The van der Waals surface area contributed by atoms with Crippen LogP contribution in [0, 0.1) is 0 Å². The lowest BCUT2D eigenvalue weighted by Crippen LogP contribution is -2.21. The Morgan fingerprint density at radius 3 is 2.83 bits per heavy atom. The Morgan fingerprint density at radius 1 is 1.17 bits per heavy atom. The maximum atomic E-state index is 13.1. The highest BCUT2D eigenvalue weighted by molar-refractivity contribution is 6.31. The number of aromatic amines is 1. The molecule has 4 aromatic rings. The maximum absolute atomic E-state index is 13.1. The number of ketones is 1. The zero-order chi connectivity index (χ0) is 20.1. The van der Waals surface area contributed by atoms with Crippen molar-refractivity contribution < 1.29 is 14.1 Å². The van der Waals surface area contributed by atoms with Crippen LogP contribution in [0.1, 0.15) is 27.3 Å². The molecule has 2 aromatic carbocycles. The smallest absolute Gasteiger partial charge is 0.335 e. The van der Waals surface area contributed by atoms with Gasteiger partial charge in [-0.15, -0.1) is 0 Å². The molecule has 3 heterocycles. The molecule has 0 radical (unpaired) electrons. The normalized spacial score (nSPS) is 13.1. The summed E-state index contributed by atoms with van der Waals surface area (Å²) < 4.78 is 6.41. The van der Waals surface area contributed by atoms with Gasteiger partial charge in [-0.1, -0.05) is 28.9 Å². The van der Waals surface area contributed by atoms with Gasteiger partial charge in [0.05, 0.1) is 11.2 Å². The van der Waals surface area contributed by atoms with E-state index in [4.69, 9.17) is 11.6 Å². The zero-order valence-electron chi connectivity index (χ0n) is 14.9. The van der Waals surface area contributed by atoms with Crippen LogP contribution in [-0.4, -0.2) is 26.4 Å². The van der Waals surface area contributed by atoms with Crippen LogP contribution in [0.15, 0.2) is 51.8 Å². The molecule has 0 saturated heterocycles. The van der Waals surface area contributed by atoms with E-state index in [0.29, 0.717) is 40.5 Å². The molecule has 0 unspecified atom stereocenters. The van der Waals surface area contributed by atoms with Crippen LogP contribution < -0.4 is 11.1 Å². The fourth-order valence-corrected chi connectivity index (χ4v) is 3.84. The predicted octanol–water partition coefficient (Wildman–Crippen LogP) is 3.48. The lowest BCUT2D eigenvalue weighted by Gasteiger charge is -2.17. The first-order valence-electron chi connectivity index (χ1n) is 8.84. The number of carbonyl (C=O) groups is 2. The average molecular weight is 409 g/mol. The van der Waals surface area contributed by atoms with Gasteiger partial charge in [0, 0.05) is 34.5 Å². The monoisotopic (exact) mass is 408 g/mol. The highest BCUT2D eigenvalue weighted by Gasteiger charge is 2.25. The van der Waals surface area contributed by atoms with Crippen LogP contribution in [-0.2, 0) is 6.54 Å². The molecule has 144 valence electrons. The van der Waals surface area contributed by atoms with E-state index in [2.05, 4.69) is 20.0 Å². The number of halogens is 1. The molecular weight excluding hydrogens is 396 g/mol. The van der Waals surface area contributed by atoms with Gasteiger partial charge in [0.1, 0.15) is 5.69 Å². The first kappa shape index (κ1) is 17.4. The number of para-hydroxylation sites is 1. The van der Waals surface area contributed by atoms with Crippen LogP contribution in [0.5, 0.6) is 0 Å². The van der Waals surface area contributed by atoms with Crippen LogP contribution in [0.2, 0.25) is 5.02 Å². The number of rotatable bonds is 3. The number of aryl methyl sites for hydroxylation is 1. The van der Waals surface area contributed by atoms with E-state index in [1.807, 2.05) is 16.7 Å². The summed E-state index contributed by atoms with van der Waals surface area (Å²) in [6, 6.07) is 12.0. The molecule has 0 saturated carbocycles. The Kier molecular flexibility index (Phi) is 3.88. The molecule has 8 nitrogen and oxygen atoms in total. The number of anilines is 1. The van der Waals surface area contributed by atoms with E-state index >= 15 is 0 Å².